The monoisotopic (exact) mass is 267 g/mol. The number of carboxylic acids is 1. The van der Waals surface area contributed by atoms with E-state index in [9.17, 15) is 4.79 Å². The van der Waals surface area contributed by atoms with Crippen LogP contribution in [-0.4, -0.2) is 21.0 Å². The van der Waals surface area contributed by atoms with Gasteiger partial charge in [-0.1, -0.05) is 24.3 Å². The molecule has 2 aromatic carbocycles. The molecule has 0 amide bonds. The SMILES string of the molecule is O=C(O)Cc1ccc(Nc2nc3ccccc3[nH]2)cc1. The van der Waals surface area contributed by atoms with Crippen molar-refractivity contribution in [3.8, 4) is 0 Å². The number of aromatic nitrogens is 2. The van der Waals surface area contributed by atoms with Gasteiger partial charge in [-0.05, 0) is 29.8 Å². The summed E-state index contributed by atoms with van der Waals surface area (Å²) in [7, 11) is 0. The maximum atomic E-state index is 10.6. The van der Waals surface area contributed by atoms with Crippen LogP contribution >= 0.6 is 0 Å². The Morgan fingerprint density at radius 2 is 1.90 bits per heavy atom. The van der Waals surface area contributed by atoms with Crippen LogP contribution in [0, 0.1) is 0 Å². The number of fused-ring (bicyclic) bond motifs is 1. The quantitative estimate of drug-likeness (QED) is 0.679. The number of nitrogens with zero attached hydrogens (tertiary/aromatic N) is 1. The second kappa shape index (κ2) is 5.05. The number of aromatic amines is 1. The Balaban J connectivity index is 1.78. The lowest BCUT2D eigenvalue weighted by atomic mass is 10.1. The highest BCUT2D eigenvalue weighted by molar-refractivity contribution is 5.78. The number of H-pyrrole nitrogens is 1. The molecule has 0 aliphatic carbocycles. The fraction of sp³-hybridized carbons (Fsp3) is 0.0667. The molecule has 3 rings (SSSR count). The van der Waals surface area contributed by atoms with Gasteiger partial charge in [-0.2, -0.15) is 0 Å². The summed E-state index contributed by atoms with van der Waals surface area (Å²) >= 11 is 0. The van der Waals surface area contributed by atoms with Gasteiger partial charge in [0.05, 0.1) is 17.5 Å². The topological polar surface area (TPSA) is 78.0 Å². The van der Waals surface area contributed by atoms with Crippen LogP contribution < -0.4 is 5.32 Å². The van der Waals surface area contributed by atoms with Crippen molar-refractivity contribution >= 4 is 28.6 Å². The van der Waals surface area contributed by atoms with Gasteiger partial charge >= 0.3 is 5.97 Å². The van der Waals surface area contributed by atoms with E-state index in [2.05, 4.69) is 15.3 Å². The number of benzene rings is 2. The number of rotatable bonds is 4. The summed E-state index contributed by atoms with van der Waals surface area (Å²) in [5.74, 6) is -0.167. The molecular weight excluding hydrogens is 254 g/mol. The molecule has 0 aliphatic rings. The van der Waals surface area contributed by atoms with E-state index in [0.717, 1.165) is 22.3 Å². The average molecular weight is 267 g/mol. The third kappa shape index (κ3) is 2.61. The number of para-hydroxylation sites is 2. The van der Waals surface area contributed by atoms with Crippen molar-refractivity contribution in [1.29, 1.82) is 0 Å². The second-order valence-corrected chi connectivity index (χ2v) is 4.49. The Bertz CT molecular complexity index is 714. The zero-order valence-electron chi connectivity index (χ0n) is 10.6. The largest absolute Gasteiger partial charge is 0.481 e. The van der Waals surface area contributed by atoms with Crippen LogP contribution in [0.1, 0.15) is 5.56 Å². The highest BCUT2D eigenvalue weighted by Gasteiger charge is 2.03. The Hall–Kier alpha value is -2.82. The van der Waals surface area contributed by atoms with E-state index < -0.39 is 5.97 Å². The van der Waals surface area contributed by atoms with Gasteiger partial charge in [0, 0.05) is 5.69 Å². The van der Waals surface area contributed by atoms with Crippen molar-refractivity contribution in [3.63, 3.8) is 0 Å². The number of carbonyl (C=O) groups is 1. The van der Waals surface area contributed by atoms with Gasteiger partial charge in [0.15, 0.2) is 0 Å². The second-order valence-electron chi connectivity index (χ2n) is 4.49. The van der Waals surface area contributed by atoms with Crippen LogP contribution in [0.25, 0.3) is 11.0 Å². The van der Waals surface area contributed by atoms with Crippen LogP contribution in [0.2, 0.25) is 0 Å². The van der Waals surface area contributed by atoms with Crippen LogP contribution in [0.15, 0.2) is 48.5 Å². The molecule has 0 saturated heterocycles. The minimum atomic E-state index is -0.831. The van der Waals surface area contributed by atoms with Gasteiger partial charge < -0.3 is 15.4 Å². The highest BCUT2D eigenvalue weighted by Crippen LogP contribution is 2.18. The summed E-state index contributed by atoms with van der Waals surface area (Å²) in [6.45, 7) is 0. The molecule has 0 unspecified atom stereocenters. The lowest BCUT2D eigenvalue weighted by Gasteiger charge is -2.03. The molecule has 0 bridgehead atoms. The van der Waals surface area contributed by atoms with E-state index in [1.165, 1.54) is 0 Å². The van der Waals surface area contributed by atoms with E-state index in [-0.39, 0.29) is 6.42 Å². The third-order valence-electron chi connectivity index (χ3n) is 2.96. The molecule has 100 valence electrons. The molecular formula is C15H13N3O2. The molecule has 20 heavy (non-hydrogen) atoms. The molecule has 5 nitrogen and oxygen atoms in total. The zero-order valence-corrected chi connectivity index (χ0v) is 10.6. The normalized spacial score (nSPS) is 10.6. The number of hydrogen-bond donors (Lipinski definition) is 3. The zero-order chi connectivity index (χ0) is 13.9. The Labute approximate surface area is 115 Å². The maximum absolute atomic E-state index is 10.6. The number of nitrogens with one attached hydrogen (secondary N) is 2. The maximum Gasteiger partial charge on any atom is 0.307 e. The first kappa shape index (κ1) is 12.2. The summed E-state index contributed by atoms with van der Waals surface area (Å²) in [5.41, 5.74) is 3.50. The highest BCUT2D eigenvalue weighted by atomic mass is 16.4. The van der Waals surface area contributed by atoms with Crippen molar-refractivity contribution < 1.29 is 9.90 Å². The molecule has 1 heterocycles. The molecule has 3 N–H and O–H groups in total. The molecule has 0 aliphatic heterocycles. The summed E-state index contributed by atoms with van der Waals surface area (Å²) < 4.78 is 0. The Kier molecular flexibility index (Phi) is 3.09. The smallest absolute Gasteiger partial charge is 0.307 e. The fourth-order valence-corrected chi connectivity index (χ4v) is 2.03. The molecule has 5 heteroatoms. The molecule has 3 aromatic rings. The first-order valence-corrected chi connectivity index (χ1v) is 6.23. The number of carboxylic acid groups (broad SMARTS) is 1. The standard InChI is InChI=1S/C15H13N3O2/c19-14(20)9-10-5-7-11(8-6-10)16-15-17-12-3-1-2-4-13(12)18-15/h1-8H,9H2,(H,19,20)(H2,16,17,18). The minimum Gasteiger partial charge on any atom is -0.481 e. The summed E-state index contributed by atoms with van der Waals surface area (Å²) in [6, 6.07) is 15.0. The molecule has 0 spiro atoms. The number of anilines is 2. The van der Waals surface area contributed by atoms with E-state index >= 15 is 0 Å². The van der Waals surface area contributed by atoms with E-state index in [1.807, 2.05) is 36.4 Å². The van der Waals surface area contributed by atoms with Gasteiger partial charge in [0.1, 0.15) is 0 Å². The van der Waals surface area contributed by atoms with Crippen LogP contribution in [0.3, 0.4) is 0 Å². The van der Waals surface area contributed by atoms with Crippen LogP contribution in [-0.2, 0) is 11.2 Å². The average Bonchev–Trinajstić information content (AvgIpc) is 2.82. The van der Waals surface area contributed by atoms with Crippen molar-refractivity contribution in [3.05, 3.63) is 54.1 Å². The minimum absolute atomic E-state index is 0.0327. The predicted molar refractivity (Wildman–Crippen MR) is 77.2 cm³/mol. The predicted octanol–water partition coefficient (Wildman–Crippen LogP) is 2.93. The number of imidazole rings is 1. The van der Waals surface area contributed by atoms with Gasteiger partial charge in [-0.25, -0.2) is 4.98 Å². The van der Waals surface area contributed by atoms with Crippen LogP contribution in [0.5, 0.6) is 0 Å². The van der Waals surface area contributed by atoms with Crippen molar-refractivity contribution in [2.45, 2.75) is 6.42 Å². The van der Waals surface area contributed by atoms with Crippen molar-refractivity contribution in [2.75, 3.05) is 5.32 Å². The summed E-state index contributed by atoms with van der Waals surface area (Å²) in [5, 5.41) is 11.9. The molecule has 0 atom stereocenters. The number of hydrogen-bond acceptors (Lipinski definition) is 3. The number of aliphatic carboxylic acids is 1. The summed E-state index contributed by atoms with van der Waals surface area (Å²) in [6.07, 6.45) is 0.0327. The first-order chi connectivity index (χ1) is 9.70. The van der Waals surface area contributed by atoms with Gasteiger partial charge in [0.2, 0.25) is 5.95 Å². The van der Waals surface area contributed by atoms with Crippen molar-refractivity contribution in [1.82, 2.24) is 9.97 Å². The lowest BCUT2D eigenvalue weighted by Crippen LogP contribution is -2.00. The third-order valence-corrected chi connectivity index (χ3v) is 2.96. The van der Waals surface area contributed by atoms with E-state index in [0.29, 0.717) is 5.95 Å². The van der Waals surface area contributed by atoms with Crippen LogP contribution in [0.4, 0.5) is 11.6 Å². The van der Waals surface area contributed by atoms with Gasteiger partial charge in [0.25, 0.3) is 0 Å². The summed E-state index contributed by atoms with van der Waals surface area (Å²) in [4.78, 5) is 18.2. The molecule has 0 saturated carbocycles. The van der Waals surface area contributed by atoms with E-state index in [1.54, 1.807) is 12.1 Å². The fourth-order valence-electron chi connectivity index (χ4n) is 2.03. The Morgan fingerprint density at radius 1 is 1.15 bits per heavy atom. The Morgan fingerprint density at radius 3 is 2.60 bits per heavy atom. The van der Waals surface area contributed by atoms with Crippen molar-refractivity contribution in [2.24, 2.45) is 0 Å². The molecule has 1 aromatic heterocycles. The molecule has 0 radical (unpaired) electrons. The van der Waals surface area contributed by atoms with E-state index in [4.69, 9.17) is 5.11 Å². The first-order valence-electron chi connectivity index (χ1n) is 6.23. The lowest BCUT2D eigenvalue weighted by molar-refractivity contribution is -0.136. The van der Waals surface area contributed by atoms with Gasteiger partial charge in [-0.15, -0.1) is 0 Å². The van der Waals surface area contributed by atoms with Gasteiger partial charge in [-0.3, -0.25) is 4.79 Å². The molecule has 0 fully saturated rings.